The Morgan fingerprint density at radius 1 is 1.12 bits per heavy atom. The van der Waals surface area contributed by atoms with Crippen molar-refractivity contribution in [2.45, 2.75) is 0 Å². The van der Waals surface area contributed by atoms with Crippen LogP contribution < -0.4 is 20.1 Å². The molecule has 0 saturated heterocycles. The molecule has 0 saturated carbocycles. The molecule has 0 aliphatic heterocycles. The van der Waals surface area contributed by atoms with E-state index in [2.05, 4.69) is 5.32 Å². The van der Waals surface area contributed by atoms with Crippen molar-refractivity contribution in [1.29, 1.82) is 0 Å². The first-order valence-corrected chi connectivity index (χ1v) is 9.39. The van der Waals surface area contributed by atoms with E-state index < -0.39 is 21.8 Å². The lowest BCUT2D eigenvalue weighted by Crippen LogP contribution is -2.24. The van der Waals surface area contributed by atoms with E-state index in [4.69, 9.17) is 10.5 Å². The molecule has 8 nitrogen and oxygen atoms in total. The molecule has 26 heavy (non-hydrogen) atoms. The number of nitrogens with two attached hydrogens (primary N) is 1. The maximum Gasteiger partial charge on any atom is 0.262 e. The third-order valence-electron chi connectivity index (χ3n) is 3.53. The maximum atomic E-state index is 12.0. The minimum atomic E-state index is -3.35. The zero-order valence-corrected chi connectivity index (χ0v) is 15.1. The Labute approximate surface area is 151 Å². The zero-order chi connectivity index (χ0) is 19.3. The number of hydrogen-bond donors (Lipinski definition) is 2. The average Bonchev–Trinajstić information content (AvgIpc) is 2.59. The van der Waals surface area contributed by atoms with Gasteiger partial charge in [0.1, 0.15) is 5.75 Å². The predicted molar refractivity (Wildman–Crippen MR) is 98.8 cm³/mol. The van der Waals surface area contributed by atoms with Gasteiger partial charge in [-0.05, 0) is 36.4 Å². The Balaban J connectivity index is 1.97. The molecule has 0 radical (unpaired) electrons. The number of amides is 2. The van der Waals surface area contributed by atoms with Crippen molar-refractivity contribution in [2.24, 2.45) is 5.73 Å². The van der Waals surface area contributed by atoms with Gasteiger partial charge in [0, 0.05) is 7.05 Å². The van der Waals surface area contributed by atoms with Gasteiger partial charge in [-0.25, -0.2) is 8.42 Å². The summed E-state index contributed by atoms with van der Waals surface area (Å²) in [4.78, 5) is 23.3. The second-order valence-corrected chi connectivity index (χ2v) is 7.48. The Morgan fingerprint density at radius 2 is 1.73 bits per heavy atom. The van der Waals surface area contributed by atoms with Crippen LogP contribution in [0.1, 0.15) is 10.4 Å². The first-order valence-electron chi connectivity index (χ1n) is 7.54. The lowest BCUT2D eigenvalue weighted by Gasteiger charge is -2.16. The molecule has 0 spiro atoms. The summed E-state index contributed by atoms with van der Waals surface area (Å²) in [6.07, 6.45) is 1.10. The summed E-state index contributed by atoms with van der Waals surface area (Å²) in [5.41, 5.74) is 6.24. The summed E-state index contributed by atoms with van der Waals surface area (Å²) in [5, 5.41) is 2.56. The van der Waals surface area contributed by atoms with Gasteiger partial charge in [-0.3, -0.25) is 13.9 Å². The highest BCUT2D eigenvalue weighted by molar-refractivity contribution is 7.92. The first kappa shape index (κ1) is 19.3. The number of hydrogen-bond acceptors (Lipinski definition) is 5. The fourth-order valence-corrected chi connectivity index (χ4v) is 2.59. The standard InChI is InChI=1S/C17H19N3O5S/c1-20(26(2,23)24)12-7-9-13(10-8-12)25-11-16(21)19-15-6-4-3-5-14(15)17(18)22/h3-10H,11H2,1-2H3,(H2,18,22)(H,19,21). The molecule has 9 heteroatoms. The van der Waals surface area contributed by atoms with Crippen molar-refractivity contribution in [3.8, 4) is 5.75 Å². The molecule has 0 bridgehead atoms. The molecule has 0 atom stereocenters. The molecular formula is C17H19N3O5S. The van der Waals surface area contributed by atoms with Gasteiger partial charge in [0.05, 0.1) is 23.2 Å². The quantitative estimate of drug-likeness (QED) is 0.751. The second kappa shape index (κ2) is 7.87. The van der Waals surface area contributed by atoms with Gasteiger partial charge in [0.25, 0.3) is 11.8 Å². The molecule has 0 heterocycles. The molecule has 2 amide bonds. The van der Waals surface area contributed by atoms with Crippen LogP contribution in [0, 0.1) is 0 Å². The Hall–Kier alpha value is -3.07. The van der Waals surface area contributed by atoms with Crippen molar-refractivity contribution < 1.29 is 22.7 Å². The lowest BCUT2D eigenvalue weighted by molar-refractivity contribution is -0.118. The van der Waals surface area contributed by atoms with Gasteiger partial charge in [0.2, 0.25) is 10.0 Å². The number of para-hydroxylation sites is 1. The molecular weight excluding hydrogens is 358 g/mol. The molecule has 0 aromatic heterocycles. The Morgan fingerprint density at radius 3 is 2.31 bits per heavy atom. The summed E-state index contributed by atoms with van der Waals surface area (Å²) >= 11 is 0. The number of benzene rings is 2. The van der Waals surface area contributed by atoms with Crippen LogP contribution in [-0.4, -0.2) is 40.1 Å². The smallest absolute Gasteiger partial charge is 0.262 e. The second-order valence-electron chi connectivity index (χ2n) is 5.47. The largest absolute Gasteiger partial charge is 0.484 e. The van der Waals surface area contributed by atoms with Crippen LogP contribution in [0.4, 0.5) is 11.4 Å². The number of nitrogens with one attached hydrogen (secondary N) is 1. The van der Waals surface area contributed by atoms with Crippen LogP contribution in [-0.2, 0) is 14.8 Å². The van der Waals surface area contributed by atoms with Gasteiger partial charge < -0.3 is 15.8 Å². The molecule has 138 valence electrons. The van der Waals surface area contributed by atoms with E-state index in [0.717, 1.165) is 10.6 Å². The van der Waals surface area contributed by atoms with Crippen LogP contribution in [0.5, 0.6) is 5.75 Å². The van der Waals surface area contributed by atoms with E-state index in [1.54, 1.807) is 42.5 Å². The van der Waals surface area contributed by atoms with Gasteiger partial charge in [-0.1, -0.05) is 12.1 Å². The van der Waals surface area contributed by atoms with E-state index in [1.165, 1.54) is 13.1 Å². The number of carbonyl (C=O) groups is 2. The van der Waals surface area contributed by atoms with Crippen LogP contribution in [0.2, 0.25) is 0 Å². The van der Waals surface area contributed by atoms with Gasteiger partial charge in [0.15, 0.2) is 6.61 Å². The van der Waals surface area contributed by atoms with E-state index in [1.807, 2.05) is 0 Å². The normalized spacial score (nSPS) is 10.8. The van der Waals surface area contributed by atoms with Crippen molar-refractivity contribution in [3.05, 3.63) is 54.1 Å². The minimum absolute atomic E-state index is 0.203. The van der Waals surface area contributed by atoms with E-state index in [9.17, 15) is 18.0 Å². The fourth-order valence-electron chi connectivity index (χ4n) is 2.09. The number of carbonyl (C=O) groups excluding carboxylic acids is 2. The predicted octanol–water partition coefficient (Wildman–Crippen LogP) is 1.20. The number of ether oxygens (including phenoxy) is 1. The van der Waals surface area contributed by atoms with Gasteiger partial charge >= 0.3 is 0 Å². The summed E-state index contributed by atoms with van der Waals surface area (Å²) in [7, 11) is -1.91. The van der Waals surface area contributed by atoms with Crippen molar-refractivity contribution in [3.63, 3.8) is 0 Å². The number of rotatable bonds is 7. The Bertz CT molecular complexity index is 910. The minimum Gasteiger partial charge on any atom is -0.484 e. The van der Waals surface area contributed by atoms with E-state index in [0.29, 0.717) is 17.1 Å². The van der Waals surface area contributed by atoms with Crippen LogP contribution in [0.25, 0.3) is 0 Å². The third-order valence-corrected chi connectivity index (χ3v) is 4.74. The summed E-state index contributed by atoms with van der Waals surface area (Å²) in [5.74, 6) is -0.711. The SMILES string of the molecule is CN(c1ccc(OCC(=O)Nc2ccccc2C(N)=O)cc1)S(C)(=O)=O. The fraction of sp³-hybridized carbons (Fsp3) is 0.176. The maximum absolute atomic E-state index is 12.0. The van der Waals surface area contributed by atoms with E-state index >= 15 is 0 Å². The molecule has 0 unspecified atom stereocenters. The Kier molecular flexibility index (Phi) is 5.83. The van der Waals surface area contributed by atoms with Crippen molar-refractivity contribution >= 4 is 33.2 Å². The number of primary amides is 1. The van der Waals surface area contributed by atoms with Gasteiger partial charge in [-0.2, -0.15) is 0 Å². The van der Waals surface area contributed by atoms with E-state index in [-0.39, 0.29) is 12.2 Å². The molecule has 0 fully saturated rings. The lowest BCUT2D eigenvalue weighted by atomic mass is 10.1. The summed E-state index contributed by atoms with van der Waals surface area (Å²) < 4.78 is 29.5. The molecule has 2 aromatic carbocycles. The number of anilines is 2. The molecule has 0 aliphatic carbocycles. The third kappa shape index (κ3) is 4.96. The molecule has 2 rings (SSSR count). The van der Waals surface area contributed by atoms with Crippen LogP contribution in [0.3, 0.4) is 0 Å². The number of nitrogens with zero attached hydrogens (tertiary/aromatic N) is 1. The first-order chi connectivity index (χ1) is 12.2. The topological polar surface area (TPSA) is 119 Å². The van der Waals surface area contributed by atoms with Crippen LogP contribution in [0.15, 0.2) is 48.5 Å². The highest BCUT2D eigenvalue weighted by Crippen LogP contribution is 2.20. The highest BCUT2D eigenvalue weighted by Gasteiger charge is 2.13. The van der Waals surface area contributed by atoms with Crippen LogP contribution >= 0.6 is 0 Å². The average molecular weight is 377 g/mol. The summed E-state index contributed by atoms with van der Waals surface area (Å²) in [6.45, 7) is -0.283. The molecule has 0 aliphatic rings. The monoisotopic (exact) mass is 377 g/mol. The highest BCUT2D eigenvalue weighted by atomic mass is 32.2. The summed E-state index contributed by atoms with van der Waals surface area (Å²) in [6, 6.07) is 12.6. The van der Waals surface area contributed by atoms with Crippen molar-refractivity contribution in [1.82, 2.24) is 0 Å². The van der Waals surface area contributed by atoms with Crippen molar-refractivity contribution in [2.75, 3.05) is 29.5 Å². The number of sulfonamides is 1. The molecule has 2 aromatic rings. The van der Waals surface area contributed by atoms with Gasteiger partial charge in [-0.15, -0.1) is 0 Å². The zero-order valence-electron chi connectivity index (χ0n) is 14.3. The molecule has 3 N–H and O–H groups in total.